The van der Waals surface area contributed by atoms with Gasteiger partial charge in [0, 0.05) is 12.5 Å². The van der Waals surface area contributed by atoms with Gasteiger partial charge in [0.2, 0.25) is 0 Å². The molecule has 1 rings (SSSR count). The zero-order valence-corrected chi connectivity index (χ0v) is 25.5. The first-order chi connectivity index (χ1) is 19.1. The standard InChI is InChI=1S/C29H45NO11/c1-10-20(8)30-29(25(31)32,41-28(35)38-21(9)19(6)7)14-22-11-12-23(39-26(33)36-15-17(2)3)24(13-22)40-27(34)37-16-18(4)5/h11-13,17-21,30H,10,14-16H2,1-9H3,(H,31,32)/t20?,21?,29-/m0/s1. The summed E-state index contributed by atoms with van der Waals surface area (Å²) in [5.74, 6) is -1.79. The van der Waals surface area contributed by atoms with Gasteiger partial charge in [-0.2, -0.15) is 0 Å². The van der Waals surface area contributed by atoms with Gasteiger partial charge in [0.15, 0.2) is 11.5 Å². The Morgan fingerprint density at radius 2 is 1.37 bits per heavy atom. The number of nitrogens with one attached hydrogen (secondary N) is 1. The number of benzene rings is 1. The third kappa shape index (κ3) is 12.7. The third-order valence-corrected chi connectivity index (χ3v) is 5.83. The summed E-state index contributed by atoms with van der Waals surface area (Å²) in [6.45, 7) is 16.5. The predicted octanol–water partition coefficient (Wildman–Crippen LogP) is 5.94. The molecule has 0 saturated carbocycles. The fraction of sp³-hybridized carbons (Fsp3) is 0.655. The molecule has 2 N–H and O–H groups in total. The Hall–Kier alpha value is -3.54. The third-order valence-electron chi connectivity index (χ3n) is 5.83. The molecule has 0 amide bonds. The van der Waals surface area contributed by atoms with E-state index in [1.54, 1.807) is 13.8 Å². The van der Waals surface area contributed by atoms with E-state index in [9.17, 15) is 24.3 Å². The lowest BCUT2D eigenvalue weighted by Crippen LogP contribution is -2.59. The molecule has 0 spiro atoms. The summed E-state index contributed by atoms with van der Waals surface area (Å²) in [5, 5.41) is 13.1. The highest BCUT2D eigenvalue weighted by atomic mass is 16.8. The lowest BCUT2D eigenvalue weighted by atomic mass is 10.00. The van der Waals surface area contributed by atoms with Crippen LogP contribution in [0.25, 0.3) is 0 Å². The average Bonchev–Trinajstić information content (AvgIpc) is 2.87. The van der Waals surface area contributed by atoms with E-state index in [4.69, 9.17) is 28.4 Å². The van der Waals surface area contributed by atoms with E-state index in [-0.39, 0.29) is 54.1 Å². The van der Waals surface area contributed by atoms with E-state index in [0.29, 0.717) is 6.42 Å². The molecule has 12 heteroatoms. The van der Waals surface area contributed by atoms with Crippen LogP contribution in [0.15, 0.2) is 18.2 Å². The number of carbonyl (C=O) groups is 4. The summed E-state index contributed by atoms with van der Waals surface area (Å²) >= 11 is 0. The van der Waals surface area contributed by atoms with E-state index in [0.717, 1.165) is 0 Å². The molecule has 0 aromatic heterocycles. The molecule has 232 valence electrons. The van der Waals surface area contributed by atoms with Crippen molar-refractivity contribution >= 4 is 24.4 Å². The molecule has 1 aromatic carbocycles. The van der Waals surface area contributed by atoms with Crippen LogP contribution in [-0.2, 0) is 30.2 Å². The Bertz CT molecular complexity index is 1020. The second kappa shape index (κ2) is 16.7. The number of carboxylic acids is 1. The SMILES string of the molecule is CCC(C)N[C@@](Cc1ccc(OC(=O)OCC(C)C)c(OC(=O)OCC(C)C)c1)(OC(=O)OC(C)C(C)C)C(=O)O. The first kappa shape index (κ1) is 35.5. The first-order valence-corrected chi connectivity index (χ1v) is 13.8. The second-order valence-electron chi connectivity index (χ2n) is 11.1. The highest BCUT2D eigenvalue weighted by molar-refractivity contribution is 5.80. The van der Waals surface area contributed by atoms with Crippen LogP contribution >= 0.6 is 0 Å². The first-order valence-electron chi connectivity index (χ1n) is 13.8. The van der Waals surface area contributed by atoms with Gasteiger partial charge in [-0.15, -0.1) is 0 Å². The molecular formula is C29H45NO11. The van der Waals surface area contributed by atoms with Gasteiger partial charge in [0.05, 0.1) is 13.2 Å². The minimum absolute atomic E-state index is 0.0285. The molecule has 0 radical (unpaired) electrons. The van der Waals surface area contributed by atoms with Crippen molar-refractivity contribution < 1.29 is 52.7 Å². The fourth-order valence-corrected chi connectivity index (χ4v) is 3.07. The van der Waals surface area contributed by atoms with E-state index in [2.05, 4.69) is 5.32 Å². The van der Waals surface area contributed by atoms with Gasteiger partial charge >= 0.3 is 24.4 Å². The van der Waals surface area contributed by atoms with Gasteiger partial charge < -0.3 is 33.5 Å². The molecule has 2 unspecified atom stereocenters. The number of hydrogen-bond donors (Lipinski definition) is 2. The molecule has 0 bridgehead atoms. The normalized spacial score (nSPS) is 14.1. The molecule has 1 aromatic rings. The average molecular weight is 584 g/mol. The van der Waals surface area contributed by atoms with Crippen LogP contribution in [0.4, 0.5) is 14.4 Å². The summed E-state index contributed by atoms with van der Waals surface area (Å²) in [6, 6.07) is 3.68. The van der Waals surface area contributed by atoms with Crippen LogP contribution in [0.3, 0.4) is 0 Å². The largest absolute Gasteiger partial charge is 0.513 e. The highest BCUT2D eigenvalue weighted by Gasteiger charge is 2.45. The van der Waals surface area contributed by atoms with Crippen LogP contribution in [0, 0.1) is 17.8 Å². The van der Waals surface area contributed by atoms with Gasteiger partial charge in [0.1, 0.15) is 6.10 Å². The van der Waals surface area contributed by atoms with Gasteiger partial charge in [-0.05, 0) is 55.7 Å². The number of rotatable bonds is 15. The molecule has 41 heavy (non-hydrogen) atoms. The maximum atomic E-state index is 12.7. The van der Waals surface area contributed by atoms with Crippen molar-refractivity contribution in [3.05, 3.63) is 23.8 Å². The van der Waals surface area contributed by atoms with Crippen molar-refractivity contribution in [3.8, 4) is 11.5 Å². The van der Waals surface area contributed by atoms with Crippen LogP contribution in [0.2, 0.25) is 0 Å². The monoisotopic (exact) mass is 583 g/mol. The highest BCUT2D eigenvalue weighted by Crippen LogP contribution is 2.32. The number of ether oxygens (including phenoxy) is 6. The maximum absolute atomic E-state index is 12.7. The minimum Gasteiger partial charge on any atom is -0.477 e. The van der Waals surface area contributed by atoms with Crippen molar-refractivity contribution in [1.82, 2.24) is 5.32 Å². The van der Waals surface area contributed by atoms with Crippen LogP contribution in [-0.4, -0.2) is 60.6 Å². The molecule has 0 aliphatic rings. The van der Waals surface area contributed by atoms with Crippen molar-refractivity contribution in [2.45, 2.75) is 93.0 Å². The Morgan fingerprint density at radius 1 is 0.829 bits per heavy atom. The van der Waals surface area contributed by atoms with E-state index >= 15 is 0 Å². The van der Waals surface area contributed by atoms with Crippen LogP contribution < -0.4 is 14.8 Å². The second-order valence-corrected chi connectivity index (χ2v) is 11.1. The molecule has 3 atom stereocenters. The Labute approximate surface area is 241 Å². The number of aliphatic carboxylic acids is 1. The van der Waals surface area contributed by atoms with Gasteiger partial charge in [-0.25, -0.2) is 19.2 Å². The summed E-state index contributed by atoms with van der Waals surface area (Å²) in [7, 11) is 0. The van der Waals surface area contributed by atoms with Gasteiger partial charge in [-0.3, -0.25) is 5.32 Å². The van der Waals surface area contributed by atoms with Crippen molar-refractivity contribution in [2.75, 3.05) is 13.2 Å². The molecule has 0 aliphatic heterocycles. The molecule has 0 fully saturated rings. The smallest absolute Gasteiger partial charge is 0.477 e. The van der Waals surface area contributed by atoms with Crippen molar-refractivity contribution in [1.29, 1.82) is 0 Å². The molecular weight excluding hydrogens is 538 g/mol. The number of hydrogen-bond acceptors (Lipinski definition) is 11. The Balaban J connectivity index is 3.43. The molecule has 0 aliphatic carbocycles. The Morgan fingerprint density at radius 3 is 1.83 bits per heavy atom. The summed E-state index contributed by atoms with van der Waals surface area (Å²) in [5.41, 5.74) is -1.97. The summed E-state index contributed by atoms with van der Waals surface area (Å²) in [4.78, 5) is 49.8. The predicted molar refractivity (Wildman–Crippen MR) is 149 cm³/mol. The lowest BCUT2D eigenvalue weighted by Gasteiger charge is -2.33. The van der Waals surface area contributed by atoms with Crippen LogP contribution in [0.1, 0.15) is 74.3 Å². The fourth-order valence-electron chi connectivity index (χ4n) is 3.07. The van der Waals surface area contributed by atoms with Crippen LogP contribution in [0.5, 0.6) is 11.5 Å². The zero-order chi connectivity index (χ0) is 31.3. The zero-order valence-electron chi connectivity index (χ0n) is 25.5. The van der Waals surface area contributed by atoms with E-state index < -0.39 is 42.7 Å². The number of carbonyl (C=O) groups excluding carboxylic acids is 3. The van der Waals surface area contributed by atoms with Crippen molar-refractivity contribution in [2.24, 2.45) is 17.8 Å². The van der Waals surface area contributed by atoms with Gasteiger partial charge in [-0.1, -0.05) is 54.5 Å². The quantitative estimate of drug-likeness (QED) is 0.109. The lowest BCUT2D eigenvalue weighted by molar-refractivity contribution is -0.168. The van der Waals surface area contributed by atoms with Gasteiger partial charge in [0.25, 0.3) is 5.72 Å². The molecule has 12 nitrogen and oxygen atoms in total. The molecule has 0 heterocycles. The Kier molecular flexibility index (Phi) is 14.4. The van der Waals surface area contributed by atoms with E-state index in [1.165, 1.54) is 18.2 Å². The summed E-state index contributed by atoms with van der Waals surface area (Å²) in [6.07, 6.45) is -3.63. The van der Waals surface area contributed by atoms with E-state index in [1.807, 2.05) is 48.5 Å². The maximum Gasteiger partial charge on any atom is 0.513 e. The summed E-state index contributed by atoms with van der Waals surface area (Å²) < 4.78 is 31.4. The topological polar surface area (TPSA) is 156 Å². The minimum atomic E-state index is -2.24. The molecule has 0 saturated heterocycles. The number of carboxylic acid groups (broad SMARTS) is 1. The van der Waals surface area contributed by atoms with Crippen molar-refractivity contribution in [3.63, 3.8) is 0 Å².